The number of allylic oxidation sites excluding steroid dienone is 2. The maximum absolute atomic E-state index is 11.5. The first-order chi connectivity index (χ1) is 9.33. The zero-order valence-electron chi connectivity index (χ0n) is 11.8. The summed E-state index contributed by atoms with van der Waals surface area (Å²) < 4.78 is 5.20. The van der Waals surface area contributed by atoms with Crippen LogP contribution in [0, 0.1) is 0 Å². The van der Waals surface area contributed by atoms with E-state index in [1.54, 1.807) is 0 Å². The first kappa shape index (κ1) is 15.5. The zero-order chi connectivity index (χ0) is 13.8. The van der Waals surface area contributed by atoms with Gasteiger partial charge in [0, 0.05) is 6.42 Å². The van der Waals surface area contributed by atoms with Crippen LogP contribution in [0.15, 0.2) is 42.5 Å². The van der Waals surface area contributed by atoms with Crippen LogP contribution in [0.3, 0.4) is 0 Å². The molecule has 0 spiro atoms. The molecule has 0 bridgehead atoms. The smallest absolute Gasteiger partial charge is 0.306 e. The molecule has 0 amide bonds. The SMILES string of the molecule is CCCCCC=CCCC(=O)OCc1ccccc1. The largest absolute Gasteiger partial charge is 0.461 e. The minimum absolute atomic E-state index is 0.123. The van der Waals surface area contributed by atoms with Crippen LogP contribution in [-0.2, 0) is 16.1 Å². The number of rotatable bonds is 9. The molecule has 0 aliphatic rings. The third-order valence-electron chi connectivity index (χ3n) is 2.90. The van der Waals surface area contributed by atoms with Gasteiger partial charge in [0.05, 0.1) is 0 Å². The Morgan fingerprint density at radius 2 is 1.84 bits per heavy atom. The summed E-state index contributed by atoms with van der Waals surface area (Å²) in [5.41, 5.74) is 1.03. The van der Waals surface area contributed by atoms with Crippen LogP contribution < -0.4 is 0 Å². The molecule has 0 saturated heterocycles. The van der Waals surface area contributed by atoms with Crippen molar-refractivity contribution in [1.29, 1.82) is 0 Å². The van der Waals surface area contributed by atoms with Crippen LogP contribution in [0.5, 0.6) is 0 Å². The van der Waals surface area contributed by atoms with Gasteiger partial charge in [-0.05, 0) is 24.8 Å². The maximum atomic E-state index is 11.5. The van der Waals surface area contributed by atoms with E-state index in [1.165, 1.54) is 19.3 Å². The quantitative estimate of drug-likeness (QED) is 0.367. The molecular weight excluding hydrogens is 236 g/mol. The average Bonchev–Trinajstić information content (AvgIpc) is 2.45. The summed E-state index contributed by atoms with van der Waals surface area (Å²) in [6.45, 7) is 2.58. The Bertz CT molecular complexity index is 368. The van der Waals surface area contributed by atoms with Gasteiger partial charge in [-0.25, -0.2) is 0 Å². The zero-order valence-corrected chi connectivity index (χ0v) is 11.8. The highest BCUT2D eigenvalue weighted by molar-refractivity contribution is 5.69. The molecule has 0 aromatic heterocycles. The Morgan fingerprint density at radius 1 is 1.11 bits per heavy atom. The van der Waals surface area contributed by atoms with Gasteiger partial charge in [-0.1, -0.05) is 62.2 Å². The number of ether oxygens (including phenoxy) is 1. The maximum Gasteiger partial charge on any atom is 0.306 e. The van der Waals surface area contributed by atoms with E-state index in [-0.39, 0.29) is 5.97 Å². The van der Waals surface area contributed by atoms with Crippen molar-refractivity contribution < 1.29 is 9.53 Å². The summed E-state index contributed by atoms with van der Waals surface area (Å²) in [5.74, 6) is -0.123. The highest BCUT2D eigenvalue weighted by Crippen LogP contribution is 2.04. The van der Waals surface area contributed by atoms with Gasteiger partial charge >= 0.3 is 5.97 Å². The number of carbonyl (C=O) groups is 1. The van der Waals surface area contributed by atoms with Crippen LogP contribution in [-0.4, -0.2) is 5.97 Å². The minimum Gasteiger partial charge on any atom is -0.461 e. The Morgan fingerprint density at radius 3 is 2.58 bits per heavy atom. The summed E-state index contributed by atoms with van der Waals surface area (Å²) >= 11 is 0. The summed E-state index contributed by atoms with van der Waals surface area (Å²) in [6, 6.07) is 9.76. The van der Waals surface area contributed by atoms with E-state index in [4.69, 9.17) is 4.74 Å². The molecule has 0 N–H and O–H groups in total. The Hall–Kier alpha value is -1.57. The summed E-state index contributed by atoms with van der Waals surface area (Å²) in [4.78, 5) is 11.5. The third kappa shape index (κ3) is 8.20. The first-order valence-electron chi connectivity index (χ1n) is 7.17. The van der Waals surface area contributed by atoms with Crippen LogP contribution >= 0.6 is 0 Å². The highest BCUT2D eigenvalue weighted by atomic mass is 16.5. The number of hydrogen-bond acceptors (Lipinski definition) is 2. The van der Waals surface area contributed by atoms with Crippen molar-refractivity contribution in [2.45, 2.75) is 52.1 Å². The van der Waals surface area contributed by atoms with E-state index in [9.17, 15) is 4.79 Å². The van der Waals surface area contributed by atoms with Gasteiger partial charge in [-0.2, -0.15) is 0 Å². The molecule has 1 rings (SSSR count). The number of benzene rings is 1. The fraction of sp³-hybridized carbons (Fsp3) is 0.471. The molecule has 104 valence electrons. The van der Waals surface area contributed by atoms with Gasteiger partial charge in [0.15, 0.2) is 0 Å². The molecule has 0 fully saturated rings. The van der Waals surface area contributed by atoms with Crippen LogP contribution in [0.4, 0.5) is 0 Å². The predicted octanol–water partition coefficient (Wildman–Crippen LogP) is 4.65. The van der Waals surface area contributed by atoms with Crippen molar-refractivity contribution in [2.24, 2.45) is 0 Å². The fourth-order valence-electron chi connectivity index (χ4n) is 1.76. The van der Waals surface area contributed by atoms with Gasteiger partial charge in [-0.15, -0.1) is 0 Å². The fourth-order valence-corrected chi connectivity index (χ4v) is 1.76. The lowest BCUT2D eigenvalue weighted by Crippen LogP contribution is -2.03. The molecule has 1 aromatic rings. The van der Waals surface area contributed by atoms with E-state index in [0.717, 1.165) is 18.4 Å². The first-order valence-corrected chi connectivity index (χ1v) is 7.17. The molecule has 1 aromatic carbocycles. The summed E-state index contributed by atoms with van der Waals surface area (Å²) in [5, 5.41) is 0. The third-order valence-corrected chi connectivity index (χ3v) is 2.90. The number of hydrogen-bond donors (Lipinski definition) is 0. The topological polar surface area (TPSA) is 26.3 Å². The van der Waals surface area contributed by atoms with Gasteiger partial charge in [0.1, 0.15) is 6.61 Å². The second-order valence-corrected chi connectivity index (χ2v) is 4.65. The summed E-state index contributed by atoms with van der Waals surface area (Å²) in [7, 11) is 0. The molecular formula is C17H24O2. The normalized spacial score (nSPS) is 10.8. The van der Waals surface area contributed by atoms with Crippen LogP contribution in [0.2, 0.25) is 0 Å². The Balaban J connectivity index is 2.05. The average molecular weight is 260 g/mol. The molecule has 0 heterocycles. The molecule has 2 nitrogen and oxygen atoms in total. The van der Waals surface area contributed by atoms with Gasteiger partial charge in [-0.3, -0.25) is 4.79 Å². The molecule has 0 aliphatic heterocycles. The molecule has 0 saturated carbocycles. The second-order valence-electron chi connectivity index (χ2n) is 4.65. The lowest BCUT2D eigenvalue weighted by atomic mass is 10.2. The highest BCUT2D eigenvalue weighted by Gasteiger charge is 2.01. The molecule has 0 unspecified atom stereocenters. The van der Waals surface area contributed by atoms with Crippen molar-refractivity contribution in [3.05, 3.63) is 48.0 Å². The van der Waals surface area contributed by atoms with Crippen LogP contribution in [0.25, 0.3) is 0 Å². The van der Waals surface area contributed by atoms with Gasteiger partial charge < -0.3 is 4.74 Å². The number of unbranched alkanes of at least 4 members (excludes halogenated alkanes) is 3. The lowest BCUT2D eigenvalue weighted by molar-refractivity contribution is -0.144. The standard InChI is InChI=1S/C17H24O2/c1-2-3-4-5-6-7-11-14-17(18)19-15-16-12-9-8-10-13-16/h6-10,12-13H,2-5,11,14-15H2,1H3. The van der Waals surface area contributed by atoms with Crippen molar-refractivity contribution in [3.8, 4) is 0 Å². The molecule has 0 aliphatic carbocycles. The van der Waals surface area contributed by atoms with E-state index >= 15 is 0 Å². The summed E-state index contributed by atoms with van der Waals surface area (Å²) in [6.07, 6.45) is 10.4. The van der Waals surface area contributed by atoms with Crippen molar-refractivity contribution in [1.82, 2.24) is 0 Å². The molecule has 0 atom stereocenters. The molecule has 19 heavy (non-hydrogen) atoms. The van der Waals surface area contributed by atoms with Crippen molar-refractivity contribution in [3.63, 3.8) is 0 Å². The van der Waals surface area contributed by atoms with Gasteiger partial charge in [0.25, 0.3) is 0 Å². The molecule has 0 radical (unpaired) electrons. The Labute approximate surface area is 116 Å². The number of esters is 1. The number of carbonyl (C=O) groups excluding carboxylic acids is 1. The monoisotopic (exact) mass is 260 g/mol. The Kier molecular flexibility index (Phi) is 8.45. The lowest BCUT2D eigenvalue weighted by Gasteiger charge is -2.03. The van der Waals surface area contributed by atoms with Crippen LogP contribution in [0.1, 0.15) is 51.0 Å². The predicted molar refractivity (Wildman–Crippen MR) is 78.8 cm³/mol. The van der Waals surface area contributed by atoms with Gasteiger partial charge in [0.2, 0.25) is 0 Å². The van der Waals surface area contributed by atoms with E-state index in [1.807, 2.05) is 30.3 Å². The second kappa shape index (κ2) is 10.4. The minimum atomic E-state index is -0.123. The van der Waals surface area contributed by atoms with E-state index in [2.05, 4.69) is 19.1 Å². The van der Waals surface area contributed by atoms with E-state index in [0.29, 0.717) is 13.0 Å². The van der Waals surface area contributed by atoms with E-state index < -0.39 is 0 Å². The van der Waals surface area contributed by atoms with Crippen molar-refractivity contribution >= 4 is 5.97 Å². The van der Waals surface area contributed by atoms with Crippen molar-refractivity contribution in [2.75, 3.05) is 0 Å². The molecule has 2 heteroatoms.